The number of nitrogens with zero attached hydrogens (tertiary/aromatic N) is 2. The van der Waals surface area contributed by atoms with Crippen LogP contribution in [0.5, 0.6) is 0 Å². The third-order valence-electron chi connectivity index (χ3n) is 4.16. The Morgan fingerprint density at radius 1 is 1.50 bits per heavy atom. The molecule has 2 aliphatic rings. The van der Waals surface area contributed by atoms with E-state index in [1.54, 1.807) is 0 Å². The summed E-state index contributed by atoms with van der Waals surface area (Å²) >= 11 is 0. The lowest BCUT2D eigenvalue weighted by molar-refractivity contribution is -0.123. The molecule has 1 amide bonds. The monoisotopic (exact) mass is 250 g/mol. The molecule has 1 heterocycles. The van der Waals surface area contributed by atoms with Gasteiger partial charge in [-0.15, -0.1) is 0 Å². The number of carbonyl (C=O) groups excluding carboxylic acids is 1. The maximum Gasteiger partial charge on any atom is 0.235 e. The summed E-state index contributed by atoms with van der Waals surface area (Å²) < 4.78 is 0. The third kappa shape index (κ3) is 2.82. The van der Waals surface area contributed by atoms with Crippen LogP contribution >= 0.6 is 0 Å². The van der Waals surface area contributed by atoms with E-state index in [1.807, 2.05) is 0 Å². The maximum atomic E-state index is 12.0. The predicted octanol–water partition coefficient (Wildman–Crippen LogP) is 0.218. The molecular weight excluding hydrogens is 228 g/mol. The lowest BCUT2D eigenvalue weighted by Crippen LogP contribution is -2.48. The van der Waals surface area contributed by atoms with E-state index in [4.69, 9.17) is 5.73 Å². The summed E-state index contributed by atoms with van der Waals surface area (Å²) in [6.07, 6.45) is 3.62. The summed E-state index contributed by atoms with van der Waals surface area (Å²) in [6.45, 7) is 4.11. The number of amides is 1. The second kappa shape index (κ2) is 5.25. The van der Waals surface area contributed by atoms with Crippen LogP contribution in [0, 0.1) is 17.2 Å². The Balaban J connectivity index is 1.84. The number of hydrogen-bond donors (Lipinski definition) is 2. The minimum atomic E-state index is -0.607. The van der Waals surface area contributed by atoms with Gasteiger partial charge in [0.15, 0.2) is 0 Å². The normalized spacial score (nSPS) is 31.2. The van der Waals surface area contributed by atoms with Gasteiger partial charge in [0.1, 0.15) is 5.54 Å². The number of hydrogen-bond acceptors (Lipinski definition) is 4. The van der Waals surface area contributed by atoms with E-state index < -0.39 is 5.54 Å². The zero-order chi connectivity index (χ0) is 13.2. The molecule has 2 rings (SSSR count). The first-order valence-electron chi connectivity index (χ1n) is 6.75. The van der Waals surface area contributed by atoms with Gasteiger partial charge in [-0.2, -0.15) is 5.26 Å². The van der Waals surface area contributed by atoms with Crippen LogP contribution in [0.4, 0.5) is 0 Å². The number of likely N-dealkylation sites (tertiary alicyclic amines) is 1. The molecule has 0 aromatic heterocycles. The van der Waals surface area contributed by atoms with Crippen molar-refractivity contribution >= 4 is 5.91 Å². The maximum absolute atomic E-state index is 12.0. The van der Waals surface area contributed by atoms with Crippen LogP contribution < -0.4 is 11.1 Å². The molecule has 0 bridgehead atoms. The summed E-state index contributed by atoms with van der Waals surface area (Å²) in [4.78, 5) is 14.1. The fourth-order valence-electron chi connectivity index (χ4n) is 2.98. The lowest BCUT2D eigenvalue weighted by atomic mass is 10.00. The van der Waals surface area contributed by atoms with Crippen molar-refractivity contribution in [2.24, 2.45) is 11.7 Å². The van der Waals surface area contributed by atoms with Crippen LogP contribution in [-0.2, 0) is 4.79 Å². The summed E-state index contributed by atoms with van der Waals surface area (Å²) in [5.41, 5.74) is 5.33. The van der Waals surface area contributed by atoms with Gasteiger partial charge in [0.2, 0.25) is 5.91 Å². The fraction of sp³-hybridized carbons (Fsp3) is 0.846. The molecule has 18 heavy (non-hydrogen) atoms. The Morgan fingerprint density at radius 3 is 2.67 bits per heavy atom. The molecule has 5 heteroatoms. The van der Waals surface area contributed by atoms with Crippen LogP contribution in [0.15, 0.2) is 0 Å². The Kier molecular flexibility index (Phi) is 3.88. The summed E-state index contributed by atoms with van der Waals surface area (Å²) in [5.74, 6) is 0.397. The molecule has 5 nitrogen and oxygen atoms in total. The molecule has 3 N–H and O–H groups in total. The van der Waals surface area contributed by atoms with Gasteiger partial charge in [0.25, 0.3) is 0 Å². The molecule has 2 fully saturated rings. The molecule has 0 aromatic rings. The van der Waals surface area contributed by atoms with Gasteiger partial charge in [-0.1, -0.05) is 6.92 Å². The predicted molar refractivity (Wildman–Crippen MR) is 68.5 cm³/mol. The fourth-order valence-corrected chi connectivity index (χ4v) is 2.98. The first kappa shape index (κ1) is 13.3. The standard InChI is InChI=1S/C13H22N4O/c1-10-6-17(7-11(10)15)8-12(18)16-13(9-14)4-2-3-5-13/h10-11H,2-8,15H2,1H3,(H,16,18). The van der Waals surface area contributed by atoms with E-state index in [0.29, 0.717) is 12.5 Å². The van der Waals surface area contributed by atoms with Crippen LogP contribution in [0.25, 0.3) is 0 Å². The number of rotatable bonds is 3. The molecule has 1 aliphatic carbocycles. The van der Waals surface area contributed by atoms with Crippen LogP contribution in [0.3, 0.4) is 0 Å². The van der Waals surface area contributed by atoms with Gasteiger partial charge < -0.3 is 11.1 Å². The largest absolute Gasteiger partial charge is 0.337 e. The zero-order valence-electron chi connectivity index (χ0n) is 11.0. The molecule has 0 radical (unpaired) electrons. The Labute approximate surface area is 108 Å². The third-order valence-corrected chi connectivity index (χ3v) is 4.16. The van der Waals surface area contributed by atoms with Crippen molar-refractivity contribution in [1.82, 2.24) is 10.2 Å². The topological polar surface area (TPSA) is 82.2 Å². The number of nitrogens with one attached hydrogen (secondary N) is 1. The summed E-state index contributed by atoms with van der Waals surface area (Å²) in [6, 6.07) is 2.44. The van der Waals surface area contributed by atoms with Crippen LogP contribution in [0.1, 0.15) is 32.6 Å². The van der Waals surface area contributed by atoms with Crippen molar-refractivity contribution in [2.45, 2.75) is 44.2 Å². The molecule has 1 saturated carbocycles. The van der Waals surface area contributed by atoms with Crippen LogP contribution in [-0.4, -0.2) is 42.0 Å². The molecule has 100 valence electrons. The van der Waals surface area contributed by atoms with E-state index in [-0.39, 0.29) is 11.9 Å². The summed E-state index contributed by atoms with van der Waals surface area (Å²) in [5, 5.41) is 12.1. The van der Waals surface area contributed by atoms with E-state index in [1.165, 1.54) is 0 Å². The highest BCUT2D eigenvalue weighted by atomic mass is 16.2. The molecule has 2 atom stereocenters. The van der Waals surface area contributed by atoms with Gasteiger partial charge in [-0.3, -0.25) is 9.69 Å². The van der Waals surface area contributed by atoms with Crippen molar-refractivity contribution in [3.8, 4) is 6.07 Å². The highest BCUT2D eigenvalue weighted by molar-refractivity contribution is 5.79. The van der Waals surface area contributed by atoms with Crippen molar-refractivity contribution in [3.05, 3.63) is 0 Å². The highest BCUT2D eigenvalue weighted by Gasteiger charge is 2.36. The SMILES string of the molecule is CC1CN(CC(=O)NC2(C#N)CCCC2)CC1N. The van der Waals surface area contributed by atoms with Crippen molar-refractivity contribution < 1.29 is 4.79 Å². The quantitative estimate of drug-likeness (QED) is 0.750. The average molecular weight is 250 g/mol. The number of nitrogens with two attached hydrogens (primary N) is 1. The van der Waals surface area contributed by atoms with Gasteiger partial charge in [-0.05, 0) is 31.6 Å². The molecular formula is C13H22N4O. The van der Waals surface area contributed by atoms with Gasteiger partial charge in [0, 0.05) is 19.1 Å². The molecule has 0 spiro atoms. The first-order chi connectivity index (χ1) is 8.54. The van der Waals surface area contributed by atoms with Crippen LogP contribution in [0.2, 0.25) is 0 Å². The Morgan fingerprint density at radius 2 is 2.17 bits per heavy atom. The smallest absolute Gasteiger partial charge is 0.235 e. The van der Waals surface area contributed by atoms with Crippen molar-refractivity contribution in [2.75, 3.05) is 19.6 Å². The Bertz CT molecular complexity index is 346. The second-order valence-electron chi connectivity index (χ2n) is 5.78. The second-order valence-corrected chi connectivity index (χ2v) is 5.78. The minimum Gasteiger partial charge on any atom is -0.337 e. The van der Waals surface area contributed by atoms with Crippen molar-refractivity contribution in [3.63, 3.8) is 0 Å². The molecule has 0 aromatic carbocycles. The van der Waals surface area contributed by atoms with E-state index in [0.717, 1.165) is 38.8 Å². The molecule has 2 unspecified atom stereocenters. The number of nitriles is 1. The van der Waals surface area contributed by atoms with Crippen molar-refractivity contribution in [1.29, 1.82) is 5.26 Å². The zero-order valence-corrected chi connectivity index (χ0v) is 11.0. The number of carbonyl (C=O) groups is 1. The first-order valence-corrected chi connectivity index (χ1v) is 6.75. The summed E-state index contributed by atoms with van der Waals surface area (Å²) in [7, 11) is 0. The minimum absolute atomic E-state index is 0.0419. The van der Waals surface area contributed by atoms with Gasteiger partial charge in [-0.25, -0.2) is 0 Å². The van der Waals surface area contributed by atoms with Gasteiger partial charge >= 0.3 is 0 Å². The molecule has 1 aliphatic heterocycles. The van der Waals surface area contributed by atoms with E-state index in [9.17, 15) is 10.1 Å². The Hall–Kier alpha value is -1.12. The average Bonchev–Trinajstić information content (AvgIpc) is 2.88. The van der Waals surface area contributed by atoms with E-state index >= 15 is 0 Å². The van der Waals surface area contributed by atoms with Gasteiger partial charge in [0.05, 0.1) is 12.6 Å². The lowest BCUT2D eigenvalue weighted by Gasteiger charge is -2.24. The highest BCUT2D eigenvalue weighted by Crippen LogP contribution is 2.28. The molecule has 1 saturated heterocycles. The van der Waals surface area contributed by atoms with E-state index in [2.05, 4.69) is 23.2 Å².